The van der Waals surface area contributed by atoms with Crippen LogP contribution in [-0.2, 0) is 4.57 Å². The quantitative estimate of drug-likeness (QED) is 0.758. The van der Waals surface area contributed by atoms with E-state index in [4.69, 9.17) is 0 Å². The van der Waals surface area contributed by atoms with Crippen molar-refractivity contribution in [2.24, 2.45) is 0 Å². The van der Waals surface area contributed by atoms with E-state index in [2.05, 4.69) is 0 Å². The second kappa shape index (κ2) is 6.03. The average Bonchev–Trinajstić information content (AvgIpc) is 2.45. The van der Waals surface area contributed by atoms with Crippen molar-refractivity contribution in [2.75, 3.05) is 0 Å². The van der Waals surface area contributed by atoms with Crippen molar-refractivity contribution >= 4 is 7.37 Å². The minimum atomic E-state index is -4.58. The van der Waals surface area contributed by atoms with Gasteiger partial charge in [-0.25, -0.2) is 8.78 Å². The SMILES string of the molecule is O=P(O)([C@H](O)c1cccc(F)c1)[C@H](O)c1cccc(F)c1. The Morgan fingerprint density at radius 3 is 1.57 bits per heavy atom. The Labute approximate surface area is 119 Å². The average molecular weight is 314 g/mol. The third-order valence-electron chi connectivity index (χ3n) is 2.99. The second-order valence-electron chi connectivity index (χ2n) is 4.53. The summed E-state index contributed by atoms with van der Waals surface area (Å²) in [4.78, 5) is 9.95. The van der Waals surface area contributed by atoms with Gasteiger partial charge in [-0.05, 0) is 35.4 Å². The number of rotatable bonds is 4. The van der Waals surface area contributed by atoms with Crippen LogP contribution in [0.1, 0.15) is 22.8 Å². The van der Waals surface area contributed by atoms with Gasteiger partial charge in [0.15, 0.2) is 11.7 Å². The van der Waals surface area contributed by atoms with Gasteiger partial charge in [0, 0.05) is 0 Å². The molecule has 112 valence electrons. The zero-order chi connectivity index (χ0) is 15.6. The van der Waals surface area contributed by atoms with Gasteiger partial charge in [-0.15, -0.1) is 0 Å². The predicted molar refractivity (Wildman–Crippen MR) is 72.5 cm³/mol. The van der Waals surface area contributed by atoms with E-state index in [9.17, 15) is 28.5 Å². The molecule has 0 aliphatic rings. The van der Waals surface area contributed by atoms with Gasteiger partial charge in [-0.3, -0.25) is 4.57 Å². The number of aliphatic hydroxyl groups excluding tert-OH is 2. The Balaban J connectivity index is 2.34. The molecule has 0 saturated heterocycles. The van der Waals surface area contributed by atoms with Crippen LogP contribution in [0.4, 0.5) is 8.78 Å². The maximum absolute atomic E-state index is 13.1. The van der Waals surface area contributed by atoms with Crippen molar-refractivity contribution in [2.45, 2.75) is 11.7 Å². The van der Waals surface area contributed by atoms with Crippen LogP contribution in [0.2, 0.25) is 0 Å². The zero-order valence-corrected chi connectivity index (χ0v) is 11.6. The highest BCUT2D eigenvalue weighted by molar-refractivity contribution is 7.58. The minimum Gasteiger partial charge on any atom is -0.378 e. The van der Waals surface area contributed by atoms with Crippen LogP contribution < -0.4 is 0 Å². The van der Waals surface area contributed by atoms with Gasteiger partial charge in [0.25, 0.3) is 7.37 Å². The molecule has 0 aromatic heterocycles. The van der Waals surface area contributed by atoms with Crippen molar-refractivity contribution < 1.29 is 28.5 Å². The second-order valence-corrected chi connectivity index (χ2v) is 6.85. The molecule has 0 heterocycles. The molecule has 0 fully saturated rings. The topological polar surface area (TPSA) is 77.8 Å². The Hall–Kier alpha value is -1.59. The maximum atomic E-state index is 13.1. The summed E-state index contributed by atoms with van der Waals surface area (Å²) >= 11 is 0. The maximum Gasteiger partial charge on any atom is 0.264 e. The number of aliphatic hydroxyl groups is 2. The van der Waals surface area contributed by atoms with E-state index in [1.165, 1.54) is 24.3 Å². The Morgan fingerprint density at radius 2 is 1.24 bits per heavy atom. The van der Waals surface area contributed by atoms with Crippen LogP contribution >= 0.6 is 7.37 Å². The molecule has 2 aromatic carbocycles. The van der Waals surface area contributed by atoms with Crippen molar-refractivity contribution in [3.63, 3.8) is 0 Å². The summed E-state index contributed by atoms with van der Waals surface area (Å²) in [7, 11) is -4.58. The molecule has 2 rings (SSSR count). The van der Waals surface area contributed by atoms with E-state index in [0.29, 0.717) is 0 Å². The Bertz CT molecular complexity index is 637. The summed E-state index contributed by atoms with van der Waals surface area (Å²) in [6.45, 7) is 0. The van der Waals surface area contributed by atoms with E-state index in [-0.39, 0.29) is 11.1 Å². The van der Waals surface area contributed by atoms with Crippen LogP contribution in [0, 0.1) is 11.6 Å². The summed E-state index contributed by atoms with van der Waals surface area (Å²) in [6.07, 6.45) is 0. The summed E-state index contributed by atoms with van der Waals surface area (Å²) < 4.78 is 38.4. The van der Waals surface area contributed by atoms with Gasteiger partial charge < -0.3 is 15.1 Å². The monoisotopic (exact) mass is 314 g/mol. The molecule has 2 atom stereocenters. The first-order chi connectivity index (χ1) is 9.82. The van der Waals surface area contributed by atoms with E-state index >= 15 is 0 Å². The van der Waals surface area contributed by atoms with Crippen molar-refractivity contribution in [1.82, 2.24) is 0 Å². The normalized spacial score (nSPS) is 14.7. The number of hydrogen-bond donors (Lipinski definition) is 3. The zero-order valence-electron chi connectivity index (χ0n) is 10.7. The lowest BCUT2D eigenvalue weighted by Gasteiger charge is -2.23. The molecule has 0 spiro atoms. The van der Waals surface area contributed by atoms with Crippen molar-refractivity contribution in [3.05, 3.63) is 71.3 Å². The third kappa shape index (κ3) is 3.36. The first-order valence-electron chi connectivity index (χ1n) is 6.01. The smallest absolute Gasteiger partial charge is 0.264 e. The molecule has 0 unspecified atom stereocenters. The molecule has 0 radical (unpaired) electrons. The number of halogens is 2. The number of benzene rings is 2. The van der Waals surface area contributed by atoms with Crippen LogP contribution in [0.25, 0.3) is 0 Å². The van der Waals surface area contributed by atoms with E-state index < -0.39 is 30.7 Å². The molecule has 0 aliphatic carbocycles. The van der Waals surface area contributed by atoms with Crippen LogP contribution in [0.3, 0.4) is 0 Å². The highest BCUT2D eigenvalue weighted by Gasteiger charge is 2.39. The van der Waals surface area contributed by atoms with E-state index in [1.54, 1.807) is 0 Å². The number of hydrogen-bond acceptors (Lipinski definition) is 3. The summed E-state index contributed by atoms with van der Waals surface area (Å²) in [5.74, 6) is -5.34. The molecule has 3 N–H and O–H groups in total. The fraction of sp³-hybridized carbons (Fsp3) is 0.143. The molecular weight excluding hydrogens is 301 g/mol. The first-order valence-corrected chi connectivity index (χ1v) is 7.81. The van der Waals surface area contributed by atoms with Crippen molar-refractivity contribution in [1.29, 1.82) is 0 Å². The van der Waals surface area contributed by atoms with Crippen molar-refractivity contribution in [3.8, 4) is 0 Å². The van der Waals surface area contributed by atoms with Crippen LogP contribution in [-0.4, -0.2) is 15.1 Å². The first kappa shape index (κ1) is 15.8. The molecule has 0 aliphatic heterocycles. The van der Waals surface area contributed by atoms with Crippen LogP contribution in [0.15, 0.2) is 48.5 Å². The van der Waals surface area contributed by atoms with Gasteiger partial charge in [0.1, 0.15) is 11.6 Å². The lowest BCUT2D eigenvalue weighted by molar-refractivity contribution is 0.186. The highest BCUT2D eigenvalue weighted by atomic mass is 31.2. The van der Waals surface area contributed by atoms with Gasteiger partial charge in [-0.1, -0.05) is 24.3 Å². The van der Waals surface area contributed by atoms with E-state index in [0.717, 1.165) is 24.3 Å². The summed E-state index contributed by atoms with van der Waals surface area (Å²) in [5.41, 5.74) is -0.285. The van der Waals surface area contributed by atoms with Gasteiger partial charge in [-0.2, -0.15) is 0 Å². The summed E-state index contributed by atoms with van der Waals surface area (Å²) in [5, 5.41) is 19.9. The Morgan fingerprint density at radius 1 is 0.857 bits per heavy atom. The lowest BCUT2D eigenvalue weighted by Crippen LogP contribution is -2.08. The summed E-state index contributed by atoms with van der Waals surface area (Å²) in [6, 6.07) is 9.06. The Kier molecular flexibility index (Phi) is 4.54. The van der Waals surface area contributed by atoms with Gasteiger partial charge >= 0.3 is 0 Å². The lowest BCUT2D eigenvalue weighted by atomic mass is 10.2. The standard InChI is InChI=1S/C14H13F2O4P/c15-11-5-1-3-9(7-11)13(17)21(19,20)14(18)10-4-2-6-12(16)8-10/h1-8,13-14,17-18H,(H,19,20)/t13-,14-/m0/s1. The van der Waals surface area contributed by atoms with Gasteiger partial charge in [0.2, 0.25) is 0 Å². The highest BCUT2D eigenvalue weighted by Crippen LogP contribution is 2.63. The molecule has 0 amide bonds. The molecule has 7 heteroatoms. The largest absolute Gasteiger partial charge is 0.378 e. The minimum absolute atomic E-state index is 0.142. The van der Waals surface area contributed by atoms with Crippen LogP contribution in [0.5, 0.6) is 0 Å². The van der Waals surface area contributed by atoms with E-state index in [1.807, 2.05) is 0 Å². The van der Waals surface area contributed by atoms with Gasteiger partial charge in [0.05, 0.1) is 0 Å². The fourth-order valence-electron chi connectivity index (χ4n) is 1.90. The molecule has 0 saturated carbocycles. The molecule has 4 nitrogen and oxygen atoms in total. The third-order valence-corrected chi connectivity index (χ3v) is 4.99. The molecule has 2 aromatic rings. The molecule has 0 bridgehead atoms. The predicted octanol–water partition coefficient (Wildman–Crippen LogP) is 2.92. The molecule has 21 heavy (non-hydrogen) atoms. The molecular formula is C14H13F2O4P. The fourth-order valence-corrected chi connectivity index (χ4v) is 3.34.